The van der Waals surface area contributed by atoms with Gasteiger partial charge in [0.25, 0.3) is 5.19 Å². The summed E-state index contributed by atoms with van der Waals surface area (Å²) in [6, 6.07) is 0. The van der Waals surface area contributed by atoms with Crippen LogP contribution in [0.3, 0.4) is 0 Å². The van der Waals surface area contributed by atoms with E-state index in [1.807, 2.05) is 0 Å². The molecule has 0 radical (unpaired) electrons. The summed E-state index contributed by atoms with van der Waals surface area (Å²) < 4.78 is 42.7. The lowest BCUT2D eigenvalue weighted by atomic mass is 10.7. The van der Waals surface area contributed by atoms with Crippen LogP contribution in [0.1, 0.15) is 5.82 Å². The molecule has 1 aromatic heterocycles. The molecule has 1 heterocycles. The van der Waals surface area contributed by atoms with Crippen LogP contribution in [0.25, 0.3) is 0 Å². The fourth-order valence-electron chi connectivity index (χ4n) is 0.480. The molecular formula is C5H5F3N2OS. The molecule has 0 aliphatic rings. The number of rotatable bonds is 2. The number of aryl methyl sites for hydroxylation is 1. The molecule has 68 valence electrons. The largest absolute Gasteiger partial charge is 0.459 e. The number of nitrogens with zero attached hydrogens (tertiary/aromatic N) is 2. The third kappa shape index (κ3) is 3.04. The van der Waals surface area contributed by atoms with Crippen molar-refractivity contribution >= 4 is 11.5 Å². The van der Waals surface area contributed by atoms with Crippen LogP contribution in [0, 0.1) is 6.92 Å². The summed E-state index contributed by atoms with van der Waals surface area (Å²) in [5.41, 5.74) is 0. The number of hydrogen-bond acceptors (Lipinski definition) is 4. The van der Waals surface area contributed by atoms with E-state index in [1.54, 1.807) is 6.92 Å². The quantitative estimate of drug-likeness (QED) is 0.726. The number of alkyl halides is 3. The van der Waals surface area contributed by atoms with E-state index in [9.17, 15) is 13.2 Å². The molecule has 0 saturated heterocycles. The van der Waals surface area contributed by atoms with Crippen LogP contribution >= 0.6 is 11.5 Å². The van der Waals surface area contributed by atoms with Crippen molar-refractivity contribution in [3.8, 4) is 5.19 Å². The Balaban J connectivity index is 2.44. The van der Waals surface area contributed by atoms with Gasteiger partial charge >= 0.3 is 6.18 Å². The Bertz CT molecular complexity index is 259. The normalized spacial score (nSPS) is 11.7. The summed E-state index contributed by atoms with van der Waals surface area (Å²) in [5, 5.41) is -0.0511. The number of halogens is 3. The van der Waals surface area contributed by atoms with Gasteiger partial charge in [0.05, 0.1) is 0 Å². The minimum atomic E-state index is -4.32. The highest BCUT2D eigenvalue weighted by atomic mass is 32.1. The first-order chi connectivity index (χ1) is 5.47. The van der Waals surface area contributed by atoms with Crippen LogP contribution in [-0.2, 0) is 0 Å². The topological polar surface area (TPSA) is 35.0 Å². The summed E-state index contributed by atoms with van der Waals surface area (Å²) >= 11 is 0.807. The van der Waals surface area contributed by atoms with Crippen molar-refractivity contribution in [2.45, 2.75) is 13.1 Å². The lowest BCUT2D eigenvalue weighted by Gasteiger charge is -2.04. The van der Waals surface area contributed by atoms with Crippen LogP contribution in [0.2, 0.25) is 0 Å². The second-order valence-corrected chi connectivity index (χ2v) is 2.73. The van der Waals surface area contributed by atoms with Crippen molar-refractivity contribution < 1.29 is 17.9 Å². The molecule has 7 heteroatoms. The molecule has 1 aromatic rings. The standard InChI is InChI=1S/C5H5F3N2OS/c1-3-9-4(12-10-3)11-2-5(6,7)8/h2H2,1H3. The van der Waals surface area contributed by atoms with Crippen LogP contribution in [0.5, 0.6) is 5.19 Å². The van der Waals surface area contributed by atoms with E-state index < -0.39 is 12.8 Å². The van der Waals surface area contributed by atoms with Gasteiger partial charge in [-0.25, -0.2) is 0 Å². The first-order valence-electron chi connectivity index (χ1n) is 2.97. The summed E-state index contributed by atoms with van der Waals surface area (Å²) in [6.07, 6.45) is -4.32. The predicted molar refractivity (Wildman–Crippen MR) is 36.2 cm³/mol. The molecule has 12 heavy (non-hydrogen) atoms. The number of hydrogen-bond donors (Lipinski definition) is 0. The molecule has 0 bridgehead atoms. The summed E-state index contributed by atoms with van der Waals surface area (Å²) in [6.45, 7) is 0.262. The maximum Gasteiger partial charge on any atom is 0.422 e. The van der Waals surface area contributed by atoms with Crippen LogP contribution in [0.15, 0.2) is 0 Å². The average Bonchev–Trinajstić information content (AvgIpc) is 2.30. The molecule has 0 unspecified atom stereocenters. The minimum absolute atomic E-state index is 0.0511. The molecule has 0 atom stereocenters. The van der Waals surface area contributed by atoms with Gasteiger partial charge in [-0.15, -0.1) is 0 Å². The fourth-order valence-corrected chi connectivity index (χ4v) is 1.02. The molecule has 0 aromatic carbocycles. The molecule has 0 amide bonds. The van der Waals surface area contributed by atoms with Crippen LogP contribution < -0.4 is 4.74 Å². The molecule has 0 N–H and O–H groups in total. The molecule has 3 nitrogen and oxygen atoms in total. The van der Waals surface area contributed by atoms with Gasteiger partial charge in [-0.3, -0.25) is 0 Å². The van der Waals surface area contributed by atoms with E-state index in [1.165, 1.54) is 0 Å². The van der Waals surface area contributed by atoms with Crippen LogP contribution in [0.4, 0.5) is 13.2 Å². The second kappa shape index (κ2) is 3.26. The van der Waals surface area contributed by atoms with Gasteiger partial charge in [-0.2, -0.15) is 22.5 Å². The zero-order valence-corrected chi connectivity index (χ0v) is 6.87. The van der Waals surface area contributed by atoms with Crippen molar-refractivity contribution in [1.29, 1.82) is 0 Å². The molecule has 0 spiro atoms. The van der Waals surface area contributed by atoms with Crippen molar-refractivity contribution in [3.05, 3.63) is 5.82 Å². The summed E-state index contributed by atoms with van der Waals surface area (Å²) in [7, 11) is 0. The van der Waals surface area contributed by atoms with Gasteiger partial charge in [0.15, 0.2) is 6.61 Å². The van der Waals surface area contributed by atoms with Gasteiger partial charge in [0.2, 0.25) is 0 Å². The Morgan fingerprint density at radius 2 is 2.17 bits per heavy atom. The SMILES string of the molecule is Cc1nsc(OCC(F)(F)F)n1. The van der Waals surface area contributed by atoms with Gasteiger partial charge in [0, 0.05) is 11.5 Å². The second-order valence-electron chi connectivity index (χ2n) is 2.01. The Morgan fingerprint density at radius 3 is 2.58 bits per heavy atom. The van der Waals surface area contributed by atoms with E-state index in [2.05, 4.69) is 14.1 Å². The van der Waals surface area contributed by atoms with Crippen molar-refractivity contribution in [3.63, 3.8) is 0 Å². The number of ether oxygens (including phenoxy) is 1. The first kappa shape index (κ1) is 9.24. The highest BCUT2D eigenvalue weighted by Crippen LogP contribution is 2.19. The van der Waals surface area contributed by atoms with Crippen molar-refractivity contribution in [2.24, 2.45) is 0 Å². The van der Waals surface area contributed by atoms with Gasteiger partial charge in [-0.05, 0) is 6.92 Å². The zero-order chi connectivity index (χ0) is 9.19. The van der Waals surface area contributed by atoms with E-state index in [0.717, 1.165) is 11.5 Å². The average molecular weight is 198 g/mol. The van der Waals surface area contributed by atoms with Gasteiger partial charge in [-0.1, -0.05) is 0 Å². The predicted octanol–water partition coefficient (Wildman–Crippen LogP) is 1.79. The fraction of sp³-hybridized carbons (Fsp3) is 0.600. The maximum absolute atomic E-state index is 11.6. The third-order valence-corrected chi connectivity index (χ3v) is 1.59. The summed E-state index contributed by atoms with van der Waals surface area (Å²) in [4.78, 5) is 3.60. The Kier molecular flexibility index (Phi) is 2.51. The molecule has 0 fully saturated rings. The highest BCUT2D eigenvalue weighted by Gasteiger charge is 2.28. The Morgan fingerprint density at radius 1 is 1.50 bits per heavy atom. The minimum Gasteiger partial charge on any atom is -0.459 e. The van der Waals surface area contributed by atoms with E-state index in [4.69, 9.17) is 0 Å². The van der Waals surface area contributed by atoms with Crippen molar-refractivity contribution in [1.82, 2.24) is 9.36 Å². The molecular weight excluding hydrogens is 193 g/mol. The Labute approximate surface area is 70.4 Å². The lowest BCUT2D eigenvalue weighted by molar-refractivity contribution is -0.153. The van der Waals surface area contributed by atoms with E-state index in [-0.39, 0.29) is 5.19 Å². The monoisotopic (exact) mass is 198 g/mol. The summed E-state index contributed by atoms with van der Waals surface area (Å²) in [5.74, 6) is 0.414. The third-order valence-electron chi connectivity index (χ3n) is 0.868. The highest BCUT2D eigenvalue weighted by molar-refractivity contribution is 7.07. The first-order valence-corrected chi connectivity index (χ1v) is 3.74. The van der Waals surface area contributed by atoms with Gasteiger partial charge < -0.3 is 4.74 Å². The maximum atomic E-state index is 11.6. The smallest absolute Gasteiger partial charge is 0.422 e. The lowest BCUT2D eigenvalue weighted by Crippen LogP contribution is -2.19. The molecule has 0 saturated carbocycles. The Hall–Kier alpha value is -0.850. The molecule has 0 aliphatic carbocycles. The molecule has 0 aliphatic heterocycles. The van der Waals surface area contributed by atoms with Crippen LogP contribution in [-0.4, -0.2) is 22.1 Å². The van der Waals surface area contributed by atoms with E-state index in [0.29, 0.717) is 5.82 Å². The van der Waals surface area contributed by atoms with Crippen molar-refractivity contribution in [2.75, 3.05) is 6.61 Å². The van der Waals surface area contributed by atoms with E-state index >= 15 is 0 Å². The number of aromatic nitrogens is 2. The molecule has 1 rings (SSSR count). The zero-order valence-electron chi connectivity index (χ0n) is 6.05. The van der Waals surface area contributed by atoms with Gasteiger partial charge in [0.1, 0.15) is 5.82 Å².